The molecule has 1 aromatic carbocycles. The average molecular weight is 252 g/mol. The molecule has 1 heterocycles. The maximum Gasteiger partial charge on any atom is 0.134 e. The van der Waals surface area contributed by atoms with Gasteiger partial charge in [0.15, 0.2) is 0 Å². The van der Waals surface area contributed by atoms with Crippen molar-refractivity contribution in [1.29, 1.82) is 0 Å². The summed E-state index contributed by atoms with van der Waals surface area (Å²) >= 11 is 5.85. The molecule has 2 N–H and O–H groups in total. The summed E-state index contributed by atoms with van der Waals surface area (Å²) in [6.45, 7) is 2.04. The van der Waals surface area contributed by atoms with Gasteiger partial charge in [-0.1, -0.05) is 11.6 Å². The van der Waals surface area contributed by atoms with Gasteiger partial charge >= 0.3 is 0 Å². The van der Waals surface area contributed by atoms with Crippen molar-refractivity contribution in [3.63, 3.8) is 0 Å². The van der Waals surface area contributed by atoms with Crippen LogP contribution in [0, 0.1) is 0 Å². The van der Waals surface area contributed by atoms with Gasteiger partial charge in [-0.25, -0.2) is 0 Å². The lowest BCUT2D eigenvalue weighted by molar-refractivity contribution is 0.475. The maximum absolute atomic E-state index is 9.33. The van der Waals surface area contributed by atoms with E-state index in [1.807, 2.05) is 24.7 Å². The Morgan fingerprint density at radius 3 is 2.76 bits per heavy atom. The Morgan fingerprint density at radius 1 is 1.41 bits per heavy atom. The largest absolute Gasteiger partial charge is 0.506 e. The van der Waals surface area contributed by atoms with Gasteiger partial charge in [0.25, 0.3) is 0 Å². The van der Waals surface area contributed by atoms with Crippen LogP contribution >= 0.6 is 11.6 Å². The van der Waals surface area contributed by atoms with Crippen molar-refractivity contribution in [2.24, 2.45) is 7.05 Å². The molecule has 0 saturated heterocycles. The van der Waals surface area contributed by atoms with Gasteiger partial charge in [-0.3, -0.25) is 4.68 Å². The quantitative estimate of drug-likeness (QED) is 0.825. The van der Waals surface area contributed by atoms with Gasteiger partial charge in [-0.2, -0.15) is 5.10 Å². The van der Waals surface area contributed by atoms with Gasteiger partial charge < -0.3 is 10.4 Å². The Bertz CT molecular complexity index is 524. The van der Waals surface area contributed by atoms with Gasteiger partial charge in [-0.15, -0.1) is 0 Å². The molecule has 0 aliphatic rings. The highest BCUT2D eigenvalue weighted by Gasteiger charge is 2.09. The molecule has 1 aromatic heterocycles. The van der Waals surface area contributed by atoms with E-state index in [1.54, 1.807) is 24.4 Å². The SMILES string of the molecule is CC(Nc1ccc(O)c(Cl)c1)c1ccnn1C. The Morgan fingerprint density at radius 2 is 2.18 bits per heavy atom. The zero-order chi connectivity index (χ0) is 12.4. The zero-order valence-electron chi connectivity index (χ0n) is 9.68. The summed E-state index contributed by atoms with van der Waals surface area (Å²) < 4.78 is 1.82. The number of aryl methyl sites for hydroxylation is 1. The number of halogens is 1. The highest BCUT2D eigenvalue weighted by atomic mass is 35.5. The van der Waals surface area contributed by atoms with Crippen molar-refractivity contribution in [2.45, 2.75) is 13.0 Å². The van der Waals surface area contributed by atoms with E-state index in [4.69, 9.17) is 11.6 Å². The second-order valence-corrected chi connectivity index (χ2v) is 4.32. The number of benzene rings is 1. The summed E-state index contributed by atoms with van der Waals surface area (Å²) in [6, 6.07) is 7.13. The maximum atomic E-state index is 9.33. The topological polar surface area (TPSA) is 50.1 Å². The minimum Gasteiger partial charge on any atom is -0.506 e. The number of rotatable bonds is 3. The number of nitrogens with zero attached hydrogens (tertiary/aromatic N) is 2. The van der Waals surface area contributed by atoms with Crippen LogP contribution in [0.1, 0.15) is 18.7 Å². The van der Waals surface area contributed by atoms with Crippen molar-refractivity contribution in [1.82, 2.24) is 9.78 Å². The normalized spacial score (nSPS) is 12.4. The lowest BCUT2D eigenvalue weighted by Gasteiger charge is -2.15. The Hall–Kier alpha value is -1.68. The molecule has 0 fully saturated rings. The summed E-state index contributed by atoms with van der Waals surface area (Å²) in [4.78, 5) is 0. The fourth-order valence-corrected chi connectivity index (χ4v) is 1.91. The molecule has 4 nitrogen and oxygen atoms in total. The van der Waals surface area contributed by atoms with Crippen LogP contribution in [0.2, 0.25) is 5.02 Å². The molecule has 2 rings (SSSR count). The molecule has 2 aromatic rings. The molecule has 0 aliphatic carbocycles. The van der Waals surface area contributed by atoms with Crippen molar-refractivity contribution in [2.75, 3.05) is 5.32 Å². The third kappa shape index (κ3) is 2.53. The molecule has 1 atom stereocenters. The second-order valence-electron chi connectivity index (χ2n) is 3.91. The predicted molar refractivity (Wildman–Crippen MR) is 68.4 cm³/mol. The summed E-state index contributed by atoms with van der Waals surface area (Å²) in [7, 11) is 1.90. The third-order valence-electron chi connectivity index (χ3n) is 2.63. The highest BCUT2D eigenvalue weighted by Crippen LogP contribution is 2.28. The average Bonchev–Trinajstić information content (AvgIpc) is 2.70. The van der Waals surface area contributed by atoms with Crippen molar-refractivity contribution >= 4 is 17.3 Å². The van der Waals surface area contributed by atoms with E-state index in [-0.39, 0.29) is 11.8 Å². The van der Waals surface area contributed by atoms with Crippen LogP contribution < -0.4 is 5.32 Å². The molecule has 5 heteroatoms. The summed E-state index contributed by atoms with van der Waals surface area (Å²) in [6.07, 6.45) is 1.76. The first-order valence-corrected chi connectivity index (χ1v) is 5.68. The minimum absolute atomic E-state index is 0.0883. The van der Waals surface area contributed by atoms with Crippen LogP contribution in [0.25, 0.3) is 0 Å². The van der Waals surface area contributed by atoms with Gasteiger partial charge in [0.1, 0.15) is 5.75 Å². The van der Waals surface area contributed by atoms with Crippen molar-refractivity contribution in [3.05, 3.63) is 41.2 Å². The number of hydrogen-bond donors (Lipinski definition) is 2. The lowest BCUT2D eigenvalue weighted by Crippen LogP contribution is -2.11. The predicted octanol–water partition coefficient (Wildman–Crippen LogP) is 2.95. The molecular formula is C12H14ClN3O. The van der Waals surface area contributed by atoms with Crippen molar-refractivity contribution in [3.8, 4) is 5.75 Å². The van der Waals surface area contributed by atoms with E-state index in [0.717, 1.165) is 11.4 Å². The zero-order valence-corrected chi connectivity index (χ0v) is 10.4. The van der Waals surface area contributed by atoms with Gasteiger partial charge in [0.05, 0.1) is 16.8 Å². The summed E-state index contributed by atoms with van der Waals surface area (Å²) in [5, 5.41) is 17.1. The minimum atomic E-state index is 0.0883. The molecule has 0 radical (unpaired) electrons. The summed E-state index contributed by atoms with van der Waals surface area (Å²) in [5.74, 6) is 0.0883. The molecule has 0 spiro atoms. The van der Waals surface area contributed by atoms with E-state index in [9.17, 15) is 5.11 Å². The monoisotopic (exact) mass is 251 g/mol. The van der Waals surface area contributed by atoms with E-state index in [2.05, 4.69) is 10.4 Å². The highest BCUT2D eigenvalue weighted by molar-refractivity contribution is 6.32. The van der Waals surface area contributed by atoms with E-state index in [1.165, 1.54) is 0 Å². The molecule has 17 heavy (non-hydrogen) atoms. The smallest absolute Gasteiger partial charge is 0.134 e. The number of nitrogens with one attached hydrogen (secondary N) is 1. The Kier molecular flexibility index (Phi) is 3.24. The number of phenolic OH excluding ortho intramolecular Hbond substituents is 1. The Labute approximate surface area is 105 Å². The van der Waals surface area contributed by atoms with Gasteiger partial charge in [0.2, 0.25) is 0 Å². The second kappa shape index (κ2) is 4.67. The Balaban J connectivity index is 2.16. The van der Waals surface area contributed by atoms with Crippen LogP contribution in [0.5, 0.6) is 5.75 Å². The molecule has 0 aliphatic heterocycles. The van der Waals surface area contributed by atoms with Crippen molar-refractivity contribution < 1.29 is 5.11 Å². The van der Waals surface area contributed by atoms with Crippen LogP contribution in [0.3, 0.4) is 0 Å². The van der Waals surface area contributed by atoms with Crippen LogP contribution in [0.4, 0.5) is 5.69 Å². The molecule has 0 bridgehead atoms. The number of aromatic hydroxyl groups is 1. The van der Waals surface area contributed by atoms with E-state index < -0.39 is 0 Å². The van der Waals surface area contributed by atoms with Gasteiger partial charge in [0, 0.05) is 18.9 Å². The first-order chi connectivity index (χ1) is 8.08. The number of phenols is 1. The lowest BCUT2D eigenvalue weighted by atomic mass is 10.2. The van der Waals surface area contributed by atoms with Gasteiger partial charge in [-0.05, 0) is 31.2 Å². The first kappa shape index (κ1) is 11.8. The molecule has 0 saturated carbocycles. The number of hydrogen-bond acceptors (Lipinski definition) is 3. The van der Waals surface area contributed by atoms with Crippen LogP contribution in [-0.2, 0) is 7.05 Å². The molecule has 0 amide bonds. The molecular weight excluding hydrogens is 238 g/mol. The van der Waals surface area contributed by atoms with Crippen LogP contribution in [-0.4, -0.2) is 14.9 Å². The fourth-order valence-electron chi connectivity index (χ4n) is 1.73. The fraction of sp³-hybridized carbons (Fsp3) is 0.250. The molecule has 1 unspecified atom stereocenters. The third-order valence-corrected chi connectivity index (χ3v) is 2.94. The summed E-state index contributed by atoms with van der Waals surface area (Å²) in [5.41, 5.74) is 1.94. The standard InChI is InChI=1S/C12H14ClN3O/c1-8(11-5-6-14-16(11)2)15-9-3-4-12(17)10(13)7-9/h3-8,15,17H,1-2H3. The molecule has 90 valence electrons. The number of anilines is 1. The van der Waals surface area contributed by atoms with Crippen LogP contribution in [0.15, 0.2) is 30.5 Å². The van der Waals surface area contributed by atoms with E-state index >= 15 is 0 Å². The number of aromatic nitrogens is 2. The first-order valence-electron chi connectivity index (χ1n) is 5.31. The van der Waals surface area contributed by atoms with E-state index in [0.29, 0.717) is 5.02 Å².